The van der Waals surface area contributed by atoms with Crippen LogP contribution in [0.4, 0.5) is 0 Å². The zero-order chi connectivity index (χ0) is 23.2. The molecule has 0 unspecified atom stereocenters. The van der Waals surface area contributed by atoms with Crippen molar-refractivity contribution in [1.29, 1.82) is 0 Å². The highest BCUT2D eigenvalue weighted by Gasteiger charge is 2.07. The van der Waals surface area contributed by atoms with E-state index in [1.165, 1.54) is 0 Å². The summed E-state index contributed by atoms with van der Waals surface area (Å²) in [6.07, 6.45) is 2.05. The smallest absolute Gasteiger partial charge is 0.251 e. The van der Waals surface area contributed by atoms with Crippen LogP contribution in [0, 0.1) is 6.92 Å². The minimum atomic E-state index is -0.0305. The van der Waals surface area contributed by atoms with Gasteiger partial charge in [0.05, 0.1) is 6.61 Å². The third-order valence-electron chi connectivity index (χ3n) is 4.93. The molecule has 0 aromatic heterocycles. The number of hydrogen-bond acceptors (Lipinski definition) is 4. The van der Waals surface area contributed by atoms with E-state index < -0.39 is 0 Å². The molecule has 2 aromatic carbocycles. The largest absolute Gasteiger partial charge is 0.491 e. The van der Waals surface area contributed by atoms with Crippen LogP contribution in [-0.4, -0.2) is 45.8 Å². The van der Waals surface area contributed by atoms with E-state index in [4.69, 9.17) is 9.47 Å². The average molecular weight is 569 g/mol. The van der Waals surface area contributed by atoms with Crippen LogP contribution in [0.5, 0.6) is 5.75 Å². The van der Waals surface area contributed by atoms with Gasteiger partial charge in [-0.2, -0.15) is 0 Å². The summed E-state index contributed by atoms with van der Waals surface area (Å²) in [4.78, 5) is 16.4. The van der Waals surface area contributed by atoms with Gasteiger partial charge in [-0.15, -0.1) is 24.0 Å². The maximum Gasteiger partial charge on any atom is 0.251 e. The first kappa shape index (κ1) is 28.7. The highest BCUT2D eigenvalue weighted by molar-refractivity contribution is 14.0. The number of halogens is 1. The predicted molar refractivity (Wildman–Crippen MR) is 145 cm³/mol. The van der Waals surface area contributed by atoms with Crippen LogP contribution >= 0.6 is 24.0 Å². The number of unbranched alkanes of at least 4 members (excludes halogenated alkanes) is 1. The average Bonchev–Trinajstić information content (AvgIpc) is 2.81. The van der Waals surface area contributed by atoms with Crippen molar-refractivity contribution in [2.75, 3.05) is 33.9 Å². The van der Waals surface area contributed by atoms with Crippen LogP contribution < -0.4 is 20.7 Å². The van der Waals surface area contributed by atoms with Crippen molar-refractivity contribution in [1.82, 2.24) is 16.0 Å². The Hall–Kier alpha value is -2.33. The first-order valence-corrected chi connectivity index (χ1v) is 11.1. The summed E-state index contributed by atoms with van der Waals surface area (Å²) < 4.78 is 10.9. The Labute approximate surface area is 214 Å². The Bertz CT molecular complexity index is 872. The van der Waals surface area contributed by atoms with E-state index in [1.54, 1.807) is 14.2 Å². The molecule has 0 aliphatic heterocycles. The van der Waals surface area contributed by atoms with E-state index in [-0.39, 0.29) is 29.9 Å². The number of carbonyl (C=O) groups excluding carboxylic acids is 1. The van der Waals surface area contributed by atoms with Gasteiger partial charge in [-0.3, -0.25) is 9.79 Å². The molecule has 0 fully saturated rings. The molecule has 0 aliphatic rings. The van der Waals surface area contributed by atoms with Gasteiger partial charge < -0.3 is 25.4 Å². The van der Waals surface area contributed by atoms with Crippen LogP contribution in [0.1, 0.15) is 46.8 Å². The lowest BCUT2D eigenvalue weighted by Gasteiger charge is -2.15. The second kappa shape index (κ2) is 16.3. The molecular weight excluding hydrogens is 531 g/mol. The molecule has 0 heterocycles. The molecule has 0 atom stereocenters. The molecule has 0 radical (unpaired) electrons. The van der Waals surface area contributed by atoms with Crippen LogP contribution in [0.2, 0.25) is 0 Å². The van der Waals surface area contributed by atoms with Crippen molar-refractivity contribution in [3.8, 4) is 5.75 Å². The van der Waals surface area contributed by atoms with Crippen molar-refractivity contribution >= 4 is 35.8 Å². The number of nitrogens with zero attached hydrogens (tertiary/aromatic N) is 1. The molecule has 2 aromatic rings. The highest BCUT2D eigenvalue weighted by Crippen LogP contribution is 2.20. The monoisotopic (exact) mass is 568 g/mol. The summed E-state index contributed by atoms with van der Waals surface area (Å²) >= 11 is 0. The molecule has 8 heteroatoms. The Morgan fingerprint density at radius 1 is 1.00 bits per heavy atom. The van der Waals surface area contributed by atoms with Gasteiger partial charge in [0.15, 0.2) is 5.96 Å². The normalized spacial score (nSPS) is 10.8. The molecule has 182 valence electrons. The van der Waals surface area contributed by atoms with Gasteiger partial charge in [-0.05, 0) is 42.7 Å². The fourth-order valence-corrected chi connectivity index (χ4v) is 3.02. The van der Waals surface area contributed by atoms with Gasteiger partial charge in [-0.1, -0.05) is 37.6 Å². The van der Waals surface area contributed by atoms with Crippen LogP contribution in [0.3, 0.4) is 0 Å². The third-order valence-corrected chi connectivity index (χ3v) is 4.93. The number of guanidine groups is 1. The summed E-state index contributed by atoms with van der Waals surface area (Å²) in [5, 5.41) is 9.57. The predicted octanol–water partition coefficient (Wildman–Crippen LogP) is 4.03. The highest BCUT2D eigenvalue weighted by atomic mass is 127. The van der Waals surface area contributed by atoms with E-state index in [0.29, 0.717) is 44.4 Å². The van der Waals surface area contributed by atoms with E-state index in [0.717, 1.165) is 35.3 Å². The summed E-state index contributed by atoms with van der Waals surface area (Å²) in [5.41, 5.74) is 3.93. The number of carbonyl (C=O) groups is 1. The van der Waals surface area contributed by atoms with Crippen LogP contribution in [0.25, 0.3) is 0 Å². The summed E-state index contributed by atoms with van der Waals surface area (Å²) in [6, 6.07) is 13.8. The van der Waals surface area contributed by atoms with Gasteiger partial charge in [-0.25, -0.2) is 0 Å². The molecule has 1 amide bonds. The minimum Gasteiger partial charge on any atom is -0.491 e. The number of methoxy groups -OCH3 is 1. The SMILES string of the molecule is CCCCNC(=O)c1ccc(CNC(=NC)NCc2ccc(C)cc2OCCOC)cc1.I. The maximum atomic E-state index is 12.1. The molecule has 7 nitrogen and oxygen atoms in total. The van der Waals surface area contributed by atoms with E-state index >= 15 is 0 Å². The van der Waals surface area contributed by atoms with Gasteiger partial charge in [0.1, 0.15) is 12.4 Å². The fraction of sp³-hybridized carbons (Fsp3) is 0.440. The molecule has 3 N–H and O–H groups in total. The van der Waals surface area contributed by atoms with Crippen LogP contribution in [-0.2, 0) is 17.8 Å². The number of benzene rings is 2. The summed E-state index contributed by atoms with van der Waals surface area (Å²) in [6.45, 7) is 7.09. The van der Waals surface area contributed by atoms with E-state index in [9.17, 15) is 4.79 Å². The molecule has 0 spiro atoms. The third kappa shape index (κ3) is 10.4. The summed E-state index contributed by atoms with van der Waals surface area (Å²) in [5.74, 6) is 1.50. The van der Waals surface area contributed by atoms with Gasteiger partial charge in [0.25, 0.3) is 5.91 Å². The molecule has 2 rings (SSSR count). The zero-order valence-electron chi connectivity index (χ0n) is 20.1. The number of nitrogens with one attached hydrogen (secondary N) is 3. The number of hydrogen-bond donors (Lipinski definition) is 3. The van der Waals surface area contributed by atoms with Gasteiger partial charge in [0.2, 0.25) is 0 Å². The Kier molecular flexibility index (Phi) is 14.2. The quantitative estimate of drug-likeness (QED) is 0.156. The lowest BCUT2D eigenvalue weighted by molar-refractivity contribution is 0.0953. The van der Waals surface area contributed by atoms with Gasteiger partial charge >= 0.3 is 0 Å². The van der Waals surface area contributed by atoms with Crippen LogP contribution in [0.15, 0.2) is 47.5 Å². The van der Waals surface area contributed by atoms with Crippen molar-refractivity contribution in [3.63, 3.8) is 0 Å². The van der Waals surface area contributed by atoms with Gasteiger partial charge in [0, 0.05) is 44.9 Å². The fourth-order valence-electron chi connectivity index (χ4n) is 3.02. The number of ether oxygens (including phenoxy) is 2. The van der Waals surface area contributed by atoms with Crippen molar-refractivity contribution in [2.45, 2.75) is 39.8 Å². The molecule has 0 aliphatic carbocycles. The second-order valence-electron chi connectivity index (χ2n) is 7.54. The molecule has 33 heavy (non-hydrogen) atoms. The molecule has 0 bridgehead atoms. The molecule has 0 saturated carbocycles. The minimum absolute atomic E-state index is 0. The van der Waals surface area contributed by atoms with Crippen molar-refractivity contribution < 1.29 is 14.3 Å². The topological polar surface area (TPSA) is 84.0 Å². The molecule has 0 saturated heterocycles. The number of aliphatic imine (C=N–C) groups is 1. The Morgan fingerprint density at radius 3 is 2.39 bits per heavy atom. The van der Waals surface area contributed by atoms with Crippen molar-refractivity contribution in [3.05, 3.63) is 64.7 Å². The zero-order valence-corrected chi connectivity index (χ0v) is 22.4. The second-order valence-corrected chi connectivity index (χ2v) is 7.54. The van der Waals surface area contributed by atoms with E-state index in [2.05, 4.69) is 40.0 Å². The lowest BCUT2D eigenvalue weighted by Crippen LogP contribution is -2.36. The number of rotatable bonds is 12. The first-order chi connectivity index (χ1) is 15.6. The molecular formula is C25H37IN4O3. The Morgan fingerprint density at radius 2 is 1.73 bits per heavy atom. The number of amides is 1. The van der Waals surface area contributed by atoms with E-state index in [1.807, 2.05) is 37.3 Å². The lowest BCUT2D eigenvalue weighted by atomic mass is 10.1. The standard InChI is InChI=1S/C25H36N4O3.HI/c1-5-6-13-27-24(30)21-11-8-20(9-12-21)17-28-25(26-3)29-18-22-10-7-19(2)16-23(22)32-15-14-31-4;/h7-12,16H,5-6,13-15,17-18H2,1-4H3,(H,27,30)(H2,26,28,29);1H. The summed E-state index contributed by atoms with van der Waals surface area (Å²) in [7, 11) is 3.40. The van der Waals surface area contributed by atoms with Crippen molar-refractivity contribution in [2.24, 2.45) is 4.99 Å². The first-order valence-electron chi connectivity index (χ1n) is 11.1. The Balaban J connectivity index is 0.00000544. The number of aryl methyl sites for hydroxylation is 1. The maximum absolute atomic E-state index is 12.1.